The Balaban J connectivity index is 2.37. The summed E-state index contributed by atoms with van der Waals surface area (Å²) in [5.74, 6) is -0.867. The molecule has 0 unspecified atom stereocenters. The van der Waals surface area contributed by atoms with Gasteiger partial charge in [0.25, 0.3) is 0 Å². The summed E-state index contributed by atoms with van der Waals surface area (Å²) in [7, 11) is -3.78. The van der Waals surface area contributed by atoms with Crippen LogP contribution in [0.1, 0.15) is 25.8 Å². The summed E-state index contributed by atoms with van der Waals surface area (Å²) < 4.78 is 25.9. The summed E-state index contributed by atoms with van der Waals surface area (Å²) in [6.07, 6.45) is 1.76. The first-order chi connectivity index (χ1) is 15.0. The van der Waals surface area contributed by atoms with Crippen molar-refractivity contribution in [3.05, 3.63) is 64.1 Å². The molecular formula is C22H27Cl2N3O4S. The van der Waals surface area contributed by atoms with E-state index in [0.717, 1.165) is 17.0 Å². The fraction of sp³-hybridized carbons (Fsp3) is 0.364. The van der Waals surface area contributed by atoms with E-state index in [4.69, 9.17) is 23.2 Å². The van der Waals surface area contributed by atoms with Crippen molar-refractivity contribution in [2.75, 3.05) is 23.7 Å². The van der Waals surface area contributed by atoms with Crippen LogP contribution in [0.15, 0.2) is 48.5 Å². The Bertz CT molecular complexity index is 1050. The van der Waals surface area contributed by atoms with E-state index in [9.17, 15) is 18.0 Å². The number of anilines is 1. The zero-order valence-corrected chi connectivity index (χ0v) is 20.5. The number of halogens is 2. The van der Waals surface area contributed by atoms with E-state index in [1.807, 2.05) is 6.92 Å². The highest BCUT2D eigenvalue weighted by Gasteiger charge is 2.30. The molecule has 1 N–H and O–H groups in total. The molecule has 2 rings (SSSR count). The fourth-order valence-electron chi connectivity index (χ4n) is 3.01. The molecule has 0 heterocycles. The number of carbonyl (C=O) groups is 2. The Morgan fingerprint density at radius 3 is 2.25 bits per heavy atom. The topological polar surface area (TPSA) is 86.8 Å². The molecule has 0 bridgehead atoms. The second-order valence-electron chi connectivity index (χ2n) is 7.33. The van der Waals surface area contributed by atoms with Crippen LogP contribution >= 0.6 is 23.2 Å². The van der Waals surface area contributed by atoms with E-state index in [1.54, 1.807) is 43.3 Å². The molecule has 0 aliphatic rings. The van der Waals surface area contributed by atoms with Crippen LogP contribution in [0.2, 0.25) is 10.0 Å². The van der Waals surface area contributed by atoms with E-state index in [2.05, 4.69) is 5.32 Å². The first-order valence-electron chi connectivity index (χ1n) is 10.1. The normalized spacial score (nSPS) is 12.2. The molecule has 2 amide bonds. The van der Waals surface area contributed by atoms with Crippen molar-refractivity contribution in [3.8, 4) is 0 Å². The van der Waals surface area contributed by atoms with Gasteiger partial charge in [-0.25, -0.2) is 8.42 Å². The summed E-state index contributed by atoms with van der Waals surface area (Å²) in [6, 6.07) is 12.3. The van der Waals surface area contributed by atoms with Gasteiger partial charge in [0.15, 0.2) is 0 Å². The predicted octanol–water partition coefficient (Wildman–Crippen LogP) is 3.70. The molecular weight excluding hydrogens is 473 g/mol. The van der Waals surface area contributed by atoms with Crippen molar-refractivity contribution < 1.29 is 18.0 Å². The quantitative estimate of drug-likeness (QED) is 0.539. The van der Waals surface area contributed by atoms with Crippen molar-refractivity contribution in [3.63, 3.8) is 0 Å². The molecule has 0 aliphatic carbocycles. The second kappa shape index (κ2) is 11.5. The van der Waals surface area contributed by atoms with Gasteiger partial charge in [-0.05, 0) is 49.2 Å². The molecule has 0 aromatic heterocycles. The third-order valence-corrected chi connectivity index (χ3v) is 6.57. The van der Waals surface area contributed by atoms with E-state index in [-0.39, 0.29) is 12.5 Å². The zero-order valence-electron chi connectivity index (χ0n) is 18.2. The number of amides is 2. The van der Waals surface area contributed by atoms with Crippen LogP contribution < -0.4 is 9.62 Å². The van der Waals surface area contributed by atoms with Crippen LogP contribution in [0.4, 0.5) is 5.69 Å². The lowest BCUT2D eigenvalue weighted by Gasteiger charge is -2.31. The monoisotopic (exact) mass is 499 g/mol. The highest BCUT2D eigenvalue weighted by molar-refractivity contribution is 7.92. The molecule has 32 heavy (non-hydrogen) atoms. The molecule has 7 nitrogen and oxygen atoms in total. The van der Waals surface area contributed by atoms with E-state index in [1.165, 1.54) is 17.0 Å². The minimum absolute atomic E-state index is 0.0530. The maximum absolute atomic E-state index is 13.3. The van der Waals surface area contributed by atoms with Gasteiger partial charge in [0.1, 0.15) is 12.6 Å². The third-order valence-electron chi connectivity index (χ3n) is 4.81. The van der Waals surface area contributed by atoms with Gasteiger partial charge in [0, 0.05) is 23.1 Å². The minimum Gasteiger partial charge on any atom is -0.354 e. The smallest absolute Gasteiger partial charge is 0.244 e. The lowest BCUT2D eigenvalue weighted by atomic mass is 10.1. The SMILES string of the molecule is CCCNC(=O)[C@@H](C)N(Cc1ccccc1Cl)C(=O)CN(c1ccc(Cl)cc1)S(C)(=O)=O. The van der Waals surface area contributed by atoms with Crippen LogP contribution in [0.25, 0.3) is 0 Å². The zero-order chi connectivity index (χ0) is 23.9. The Morgan fingerprint density at radius 2 is 1.69 bits per heavy atom. The van der Waals surface area contributed by atoms with Gasteiger partial charge >= 0.3 is 0 Å². The highest BCUT2D eigenvalue weighted by Crippen LogP contribution is 2.22. The molecule has 0 radical (unpaired) electrons. The molecule has 10 heteroatoms. The number of hydrogen-bond donors (Lipinski definition) is 1. The number of benzene rings is 2. The Kier molecular flexibility index (Phi) is 9.36. The Morgan fingerprint density at radius 1 is 1.06 bits per heavy atom. The van der Waals surface area contributed by atoms with Gasteiger partial charge in [-0.15, -0.1) is 0 Å². The number of carbonyl (C=O) groups excluding carboxylic acids is 2. The molecule has 2 aromatic rings. The molecule has 2 aromatic carbocycles. The van der Waals surface area contributed by atoms with Crippen LogP contribution in [-0.4, -0.2) is 50.5 Å². The highest BCUT2D eigenvalue weighted by atomic mass is 35.5. The second-order valence-corrected chi connectivity index (χ2v) is 10.1. The van der Waals surface area contributed by atoms with Crippen molar-refractivity contribution in [1.29, 1.82) is 0 Å². The minimum atomic E-state index is -3.78. The average molecular weight is 500 g/mol. The largest absolute Gasteiger partial charge is 0.354 e. The van der Waals surface area contributed by atoms with E-state index < -0.39 is 28.5 Å². The molecule has 0 fully saturated rings. The fourth-order valence-corrected chi connectivity index (χ4v) is 4.18. The van der Waals surface area contributed by atoms with E-state index >= 15 is 0 Å². The summed E-state index contributed by atoms with van der Waals surface area (Å²) in [5.41, 5.74) is 0.945. The maximum atomic E-state index is 13.3. The Labute approximate surface area is 199 Å². The van der Waals surface area contributed by atoms with Gasteiger partial charge in [0.2, 0.25) is 21.8 Å². The van der Waals surface area contributed by atoms with Gasteiger partial charge in [-0.3, -0.25) is 13.9 Å². The summed E-state index contributed by atoms with van der Waals surface area (Å²) in [6.45, 7) is 3.58. The number of hydrogen-bond acceptors (Lipinski definition) is 4. The van der Waals surface area contributed by atoms with Crippen molar-refractivity contribution >= 4 is 50.7 Å². The van der Waals surface area contributed by atoms with Crippen LogP contribution in [-0.2, 0) is 26.2 Å². The molecule has 0 saturated carbocycles. The standard InChI is InChI=1S/C22H27Cl2N3O4S/c1-4-13-25-22(29)16(2)26(14-17-7-5-6-8-20(17)24)21(28)15-27(32(3,30)31)19-11-9-18(23)10-12-19/h5-12,16H,4,13-15H2,1-3H3,(H,25,29)/t16-/m1/s1. The summed E-state index contributed by atoms with van der Waals surface area (Å²) in [5, 5.41) is 3.67. The van der Waals surface area contributed by atoms with Gasteiger partial charge in [-0.2, -0.15) is 0 Å². The van der Waals surface area contributed by atoms with Crippen molar-refractivity contribution in [1.82, 2.24) is 10.2 Å². The Hall–Kier alpha value is -2.29. The van der Waals surface area contributed by atoms with Crippen molar-refractivity contribution in [2.45, 2.75) is 32.9 Å². The lowest BCUT2D eigenvalue weighted by Crippen LogP contribution is -2.51. The number of nitrogens with zero attached hydrogens (tertiary/aromatic N) is 2. The molecule has 174 valence electrons. The predicted molar refractivity (Wildman–Crippen MR) is 128 cm³/mol. The number of rotatable bonds is 10. The van der Waals surface area contributed by atoms with Gasteiger partial charge < -0.3 is 10.2 Å². The van der Waals surface area contributed by atoms with Crippen molar-refractivity contribution in [2.24, 2.45) is 0 Å². The lowest BCUT2D eigenvalue weighted by molar-refractivity contribution is -0.139. The number of sulfonamides is 1. The molecule has 0 spiro atoms. The van der Waals surface area contributed by atoms with Gasteiger partial charge in [0.05, 0.1) is 11.9 Å². The average Bonchev–Trinajstić information content (AvgIpc) is 2.74. The van der Waals surface area contributed by atoms with E-state index in [0.29, 0.717) is 27.8 Å². The third kappa shape index (κ3) is 7.12. The van der Waals surface area contributed by atoms with Gasteiger partial charge in [-0.1, -0.05) is 48.3 Å². The van der Waals surface area contributed by atoms with Crippen LogP contribution in [0, 0.1) is 0 Å². The molecule has 1 atom stereocenters. The first kappa shape index (κ1) is 26.0. The van der Waals surface area contributed by atoms with Crippen LogP contribution in [0.5, 0.6) is 0 Å². The molecule has 0 aliphatic heterocycles. The van der Waals surface area contributed by atoms with Crippen LogP contribution in [0.3, 0.4) is 0 Å². The maximum Gasteiger partial charge on any atom is 0.244 e. The summed E-state index contributed by atoms with van der Waals surface area (Å²) in [4.78, 5) is 27.3. The summed E-state index contributed by atoms with van der Waals surface area (Å²) >= 11 is 12.2. The number of nitrogens with one attached hydrogen (secondary N) is 1. The molecule has 0 saturated heterocycles. The first-order valence-corrected chi connectivity index (χ1v) is 12.7.